The summed E-state index contributed by atoms with van der Waals surface area (Å²) in [4.78, 5) is 42.8. The van der Waals surface area contributed by atoms with E-state index in [0.717, 1.165) is 77.0 Å². The summed E-state index contributed by atoms with van der Waals surface area (Å²) in [6.45, 7) is 3.30. The summed E-state index contributed by atoms with van der Waals surface area (Å²) in [5, 5.41) is 10.2. The fraction of sp³-hybridized carbons (Fsp3) is 0.556. The Morgan fingerprint density at radius 3 is 1.64 bits per heavy atom. The summed E-state index contributed by atoms with van der Waals surface area (Å²) in [5.41, 5.74) is 0. The molecule has 0 aromatic carbocycles. The average Bonchev–Trinajstić information content (AvgIpc) is 3.15. The summed E-state index contributed by atoms with van der Waals surface area (Å²) in [5.74, 6) is -1.21. The van der Waals surface area contributed by atoms with Crippen molar-refractivity contribution in [3.8, 4) is 0 Å². The van der Waals surface area contributed by atoms with Crippen molar-refractivity contribution in [1.29, 1.82) is 0 Å². The minimum absolute atomic E-state index is 0.0792. The molecule has 0 aliphatic rings. The zero-order chi connectivity index (χ0) is 40.5. The lowest BCUT2D eigenvalue weighted by molar-refractivity contribution is -0.161. The Bertz CT molecular complexity index is 1270. The highest BCUT2D eigenvalue weighted by Gasteiger charge is 2.23. The number of hydrogen-bond acceptors (Lipinski definition) is 7. The molecule has 3 N–H and O–H groups in total. The van der Waals surface area contributed by atoms with Crippen molar-refractivity contribution >= 4 is 19.8 Å². The Kier molecular flexibility index (Phi) is 36.6. The van der Waals surface area contributed by atoms with E-state index in [9.17, 15) is 19.3 Å². The molecule has 0 fully saturated rings. The van der Waals surface area contributed by atoms with Crippen molar-refractivity contribution in [3.05, 3.63) is 109 Å². The van der Waals surface area contributed by atoms with Crippen LogP contribution in [0.5, 0.6) is 0 Å². The van der Waals surface area contributed by atoms with Gasteiger partial charge in [-0.1, -0.05) is 149 Å². The van der Waals surface area contributed by atoms with Crippen LogP contribution in [-0.2, 0) is 28.2 Å². The lowest BCUT2D eigenvalue weighted by Gasteiger charge is -2.18. The number of rotatable bonds is 35. The van der Waals surface area contributed by atoms with Gasteiger partial charge in [0, 0.05) is 12.8 Å². The van der Waals surface area contributed by atoms with Crippen LogP contribution >= 0.6 is 7.82 Å². The van der Waals surface area contributed by atoms with Crippen LogP contribution in [-0.4, -0.2) is 52.3 Å². The Morgan fingerprint density at radius 1 is 0.582 bits per heavy atom. The second-order valence-corrected chi connectivity index (χ2v) is 14.3. The van der Waals surface area contributed by atoms with Gasteiger partial charge in [0.15, 0.2) is 6.10 Å². The monoisotopic (exact) mass is 786 g/mol. The van der Waals surface area contributed by atoms with Gasteiger partial charge in [0.25, 0.3) is 0 Å². The lowest BCUT2D eigenvalue weighted by atomic mass is 10.1. The van der Waals surface area contributed by atoms with Crippen LogP contribution < -0.4 is 0 Å². The quantitative estimate of drug-likeness (QED) is 0.0188. The van der Waals surface area contributed by atoms with Crippen LogP contribution in [0.15, 0.2) is 109 Å². The smallest absolute Gasteiger partial charge is 0.462 e. The second-order valence-electron chi connectivity index (χ2n) is 13.1. The number of aliphatic hydroxyl groups excluding tert-OH is 1. The third-order valence-corrected chi connectivity index (χ3v) is 8.38. The number of phosphoric ester groups is 1. The zero-order valence-electron chi connectivity index (χ0n) is 33.6. The molecule has 1 unspecified atom stereocenters. The van der Waals surface area contributed by atoms with Crippen molar-refractivity contribution in [1.82, 2.24) is 0 Å². The highest BCUT2D eigenvalue weighted by molar-refractivity contribution is 7.46. The first-order valence-corrected chi connectivity index (χ1v) is 21.8. The van der Waals surface area contributed by atoms with Crippen LogP contribution in [0.1, 0.15) is 136 Å². The fourth-order valence-electron chi connectivity index (χ4n) is 4.84. The van der Waals surface area contributed by atoms with Gasteiger partial charge in [-0.2, -0.15) is 0 Å². The number of ether oxygens (including phenoxy) is 2. The van der Waals surface area contributed by atoms with Crippen LogP contribution in [0.4, 0.5) is 0 Å². The minimum atomic E-state index is -4.84. The van der Waals surface area contributed by atoms with Gasteiger partial charge in [-0.3, -0.25) is 14.1 Å². The van der Waals surface area contributed by atoms with E-state index in [1.165, 1.54) is 19.3 Å². The standard InChI is InChI=1S/C45H71O9P/c1-3-5-7-9-11-13-15-17-19-21-23-25-27-29-31-33-35-37-44(47)52-40-43(41-53-55(49,50)51)54-45(48)39-38-42(46)36-34-32-30-28-26-24-22-20-18-16-14-12-10-8-6-4-2/h6,8,11-14,17-20,23-26,30,32,34,36,42-43,46H,3-5,7,9-10,15-16,21-22,27-29,31,33,35,37-41H2,1-2H3,(H2,49,50,51)/b8-6-,13-11-,14-12-,19-17-,20-18-,25-23-,26-24-,32-30-,36-34-/t42?,43-/m1/s1. The van der Waals surface area contributed by atoms with Gasteiger partial charge >= 0.3 is 19.8 Å². The molecule has 55 heavy (non-hydrogen) atoms. The van der Waals surface area contributed by atoms with Gasteiger partial charge in [-0.15, -0.1) is 0 Å². The Balaban J connectivity index is 4.26. The summed E-state index contributed by atoms with van der Waals surface area (Å²) < 4.78 is 26.2. The van der Waals surface area contributed by atoms with E-state index in [-0.39, 0.29) is 19.3 Å². The molecule has 10 heteroatoms. The molecule has 0 spiro atoms. The van der Waals surface area contributed by atoms with Gasteiger partial charge in [-0.25, -0.2) is 4.57 Å². The zero-order valence-corrected chi connectivity index (χ0v) is 34.5. The highest BCUT2D eigenvalue weighted by atomic mass is 31.2. The Morgan fingerprint density at radius 2 is 1.09 bits per heavy atom. The van der Waals surface area contributed by atoms with E-state index >= 15 is 0 Å². The van der Waals surface area contributed by atoms with Gasteiger partial charge in [-0.05, 0) is 83.5 Å². The van der Waals surface area contributed by atoms with E-state index in [4.69, 9.17) is 19.3 Å². The maximum atomic E-state index is 12.4. The van der Waals surface area contributed by atoms with E-state index in [0.29, 0.717) is 6.42 Å². The van der Waals surface area contributed by atoms with Gasteiger partial charge in [0.05, 0.1) is 12.7 Å². The molecule has 310 valence electrons. The van der Waals surface area contributed by atoms with E-state index in [1.54, 1.807) is 12.2 Å². The molecular formula is C45H71O9P. The lowest BCUT2D eigenvalue weighted by Crippen LogP contribution is -2.29. The fourth-order valence-corrected chi connectivity index (χ4v) is 5.20. The molecule has 0 saturated heterocycles. The number of esters is 2. The first kappa shape index (κ1) is 51.7. The molecule has 0 radical (unpaired) electrons. The van der Waals surface area contributed by atoms with Gasteiger partial charge in [0.2, 0.25) is 0 Å². The normalized spacial score (nSPS) is 14.2. The predicted octanol–water partition coefficient (Wildman–Crippen LogP) is 11.4. The molecule has 0 aliphatic carbocycles. The van der Waals surface area contributed by atoms with Crippen molar-refractivity contribution in [2.75, 3.05) is 13.2 Å². The first-order valence-electron chi connectivity index (χ1n) is 20.3. The van der Waals surface area contributed by atoms with Crippen LogP contribution in [0.25, 0.3) is 0 Å². The molecule has 9 nitrogen and oxygen atoms in total. The van der Waals surface area contributed by atoms with Gasteiger partial charge < -0.3 is 24.4 Å². The largest absolute Gasteiger partial charge is 0.469 e. The Labute approximate surface area is 332 Å². The number of hydrogen-bond donors (Lipinski definition) is 3. The SMILES string of the molecule is CC/C=C\C/C=C\C/C=C\C/C=C\C/C=C\C=C/C(O)CCC(=O)O[C@H](COC(=O)CCCCCC/C=C\C/C=C\C/C=C\CCCCC)COP(=O)(O)O. The summed E-state index contributed by atoms with van der Waals surface area (Å²) in [7, 11) is -4.84. The number of aliphatic hydroxyl groups is 1. The molecule has 0 saturated carbocycles. The summed E-state index contributed by atoms with van der Waals surface area (Å²) in [6, 6.07) is 0. The van der Waals surface area contributed by atoms with Gasteiger partial charge in [0.1, 0.15) is 6.61 Å². The first-order chi connectivity index (χ1) is 26.7. The van der Waals surface area contributed by atoms with Crippen molar-refractivity contribution < 1.29 is 43.0 Å². The third kappa shape index (κ3) is 41.7. The van der Waals surface area contributed by atoms with Crippen LogP contribution in [0.2, 0.25) is 0 Å². The molecule has 0 bridgehead atoms. The molecule has 2 atom stereocenters. The third-order valence-electron chi connectivity index (χ3n) is 7.89. The number of phosphoric acid groups is 1. The maximum Gasteiger partial charge on any atom is 0.469 e. The number of allylic oxidation sites excluding steroid dienone is 17. The average molecular weight is 787 g/mol. The maximum absolute atomic E-state index is 12.4. The van der Waals surface area contributed by atoms with Crippen molar-refractivity contribution in [3.63, 3.8) is 0 Å². The van der Waals surface area contributed by atoms with E-state index in [1.807, 2.05) is 12.2 Å². The van der Waals surface area contributed by atoms with Crippen LogP contribution in [0.3, 0.4) is 0 Å². The highest BCUT2D eigenvalue weighted by Crippen LogP contribution is 2.36. The minimum Gasteiger partial charge on any atom is -0.462 e. The molecule has 0 amide bonds. The van der Waals surface area contributed by atoms with E-state index in [2.05, 4.69) is 103 Å². The van der Waals surface area contributed by atoms with Crippen molar-refractivity contribution in [2.24, 2.45) is 0 Å². The topological polar surface area (TPSA) is 140 Å². The molecule has 0 heterocycles. The molecular weight excluding hydrogens is 715 g/mol. The Hall–Kier alpha value is -3.33. The number of unbranched alkanes of at least 4 members (excludes halogenated alkanes) is 7. The molecule has 0 aliphatic heterocycles. The number of carbonyl (C=O) groups is 2. The van der Waals surface area contributed by atoms with Crippen LogP contribution in [0, 0.1) is 0 Å². The summed E-state index contributed by atoms with van der Waals surface area (Å²) in [6.07, 6.45) is 51.3. The second kappa shape index (κ2) is 38.9. The summed E-state index contributed by atoms with van der Waals surface area (Å²) >= 11 is 0. The molecule has 0 aromatic rings. The number of carbonyl (C=O) groups excluding carboxylic acids is 2. The van der Waals surface area contributed by atoms with Crippen molar-refractivity contribution in [2.45, 2.75) is 148 Å². The molecule has 0 rings (SSSR count). The predicted molar refractivity (Wildman–Crippen MR) is 226 cm³/mol. The van der Waals surface area contributed by atoms with E-state index < -0.39 is 45.2 Å². The molecule has 0 aromatic heterocycles.